The van der Waals surface area contributed by atoms with Crippen molar-refractivity contribution in [1.82, 2.24) is 5.32 Å². The SMILES string of the molecule is COc1cc(C)c(C(C)NC(=O)CN2CCCc3c(N)cccc32)cc1OC. The van der Waals surface area contributed by atoms with Gasteiger partial charge in [-0.2, -0.15) is 0 Å². The molecule has 1 heterocycles. The lowest BCUT2D eigenvalue weighted by molar-refractivity contribution is -0.120. The summed E-state index contributed by atoms with van der Waals surface area (Å²) in [6, 6.07) is 9.62. The molecule has 6 heteroatoms. The molecule has 0 radical (unpaired) electrons. The summed E-state index contributed by atoms with van der Waals surface area (Å²) in [6.07, 6.45) is 1.96. The number of nitrogens with one attached hydrogen (secondary N) is 1. The lowest BCUT2D eigenvalue weighted by Crippen LogP contribution is -2.40. The molecule has 1 aliphatic heterocycles. The standard InChI is InChI=1S/C22H29N3O3/c1-14-11-20(27-3)21(28-4)12-17(14)15(2)24-22(26)13-25-10-6-7-16-18(23)8-5-9-19(16)25/h5,8-9,11-12,15H,6-7,10,13,23H2,1-4H3,(H,24,26). The number of ether oxygens (including phenoxy) is 2. The van der Waals surface area contributed by atoms with Crippen molar-refractivity contribution in [2.45, 2.75) is 32.7 Å². The first-order chi connectivity index (χ1) is 13.4. The third-order valence-corrected chi connectivity index (χ3v) is 5.33. The summed E-state index contributed by atoms with van der Waals surface area (Å²) in [6.45, 7) is 5.15. The number of carbonyl (C=O) groups excluding carboxylic acids is 1. The molecule has 2 aromatic rings. The minimum atomic E-state index is -0.141. The summed E-state index contributed by atoms with van der Waals surface area (Å²) in [5.74, 6) is 1.33. The number of fused-ring (bicyclic) bond motifs is 1. The Hall–Kier alpha value is -2.89. The highest BCUT2D eigenvalue weighted by atomic mass is 16.5. The maximum atomic E-state index is 12.7. The van der Waals surface area contributed by atoms with E-state index in [1.165, 1.54) is 0 Å². The third-order valence-electron chi connectivity index (χ3n) is 5.33. The quantitative estimate of drug-likeness (QED) is 0.749. The molecule has 3 N–H and O–H groups in total. The number of hydrogen-bond donors (Lipinski definition) is 2. The van der Waals surface area contributed by atoms with Crippen molar-refractivity contribution in [3.05, 3.63) is 47.0 Å². The summed E-state index contributed by atoms with van der Waals surface area (Å²) in [5.41, 5.74) is 11.2. The van der Waals surface area contributed by atoms with Crippen LogP contribution in [0, 0.1) is 6.92 Å². The van der Waals surface area contributed by atoms with Gasteiger partial charge in [-0.25, -0.2) is 0 Å². The first-order valence-electron chi connectivity index (χ1n) is 9.58. The third kappa shape index (κ3) is 4.01. The lowest BCUT2D eigenvalue weighted by Gasteiger charge is -2.32. The average molecular weight is 383 g/mol. The average Bonchev–Trinajstić information content (AvgIpc) is 2.68. The molecule has 0 aliphatic carbocycles. The molecule has 0 saturated carbocycles. The van der Waals surface area contributed by atoms with Crippen LogP contribution in [0.2, 0.25) is 0 Å². The molecule has 0 fully saturated rings. The van der Waals surface area contributed by atoms with Crippen LogP contribution in [0.25, 0.3) is 0 Å². The fourth-order valence-corrected chi connectivity index (χ4v) is 3.89. The second kappa shape index (κ2) is 8.42. The Labute approximate surface area is 166 Å². The lowest BCUT2D eigenvalue weighted by atomic mass is 9.99. The smallest absolute Gasteiger partial charge is 0.239 e. The Bertz CT molecular complexity index is 866. The molecule has 0 aromatic heterocycles. The van der Waals surface area contributed by atoms with Crippen LogP contribution in [0.5, 0.6) is 11.5 Å². The van der Waals surface area contributed by atoms with Gasteiger partial charge in [0.25, 0.3) is 0 Å². The molecule has 0 bridgehead atoms. The van der Waals surface area contributed by atoms with Crippen LogP contribution in [0.3, 0.4) is 0 Å². The summed E-state index contributed by atoms with van der Waals surface area (Å²) < 4.78 is 10.7. The van der Waals surface area contributed by atoms with Crippen LogP contribution in [-0.4, -0.2) is 33.2 Å². The van der Waals surface area contributed by atoms with Crippen LogP contribution in [0.15, 0.2) is 30.3 Å². The van der Waals surface area contributed by atoms with Gasteiger partial charge in [-0.15, -0.1) is 0 Å². The number of anilines is 2. The van der Waals surface area contributed by atoms with E-state index in [4.69, 9.17) is 15.2 Å². The number of rotatable bonds is 6. The fourth-order valence-electron chi connectivity index (χ4n) is 3.89. The molecule has 150 valence electrons. The fraction of sp³-hybridized carbons (Fsp3) is 0.409. The zero-order valence-corrected chi connectivity index (χ0v) is 17.0. The largest absolute Gasteiger partial charge is 0.493 e. The summed E-state index contributed by atoms with van der Waals surface area (Å²) in [5, 5.41) is 3.11. The van der Waals surface area contributed by atoms with Crippen molar-refractivity contribution in [3.8, 4) is 11.5 Å². The van der Waals surface area contributed by atoms with E-state index in [0.29, 0.717) is 18.0 Å². The number of benzene rings is 2. The predicted octanol–water partition coefficient (Wildman–Crippen LogP) is 3.22. The molecule has 1 unspecified atom stereocenters. The van der Waals surface area contributed by atoms with E-state index in [-0.39, 0.29) is 11.9 Å². The number of amides is 1. The Morgan fingerprint density at radius 2 is 1.96 bits per heavy atom. The van der Waals surface area contributed by atoms with Gasteiger partial charge in [0.2, 0.25) is 5.91 Å². The van der Waals surface area contributed by atoms with Crippen molar-refractivity contribution < 1.29 is 14.3 Å². The number of carbonyl (C=O) groups is 1. The molecule has 3 rings (SSSR count). The van der Waals surface area contributed by atoms with Crippen molar-refractivity contribution in [1.29, 1.82) is 0 Å². The molecule has 0 saturated heterocycles. The van der Waals surface area contributed by atoms with Crippen LogP contribution >= 0.6 is 0 Å². The van der Waals surface area contributed by atoms with Gasteiger partial charge in [-0.1, -0.05) is 6.07 Å². The van der Waals surface area contributed by atoms with Crippen molar-refractivity contribution in [2.75, 3.05) is 37.9 Å². The Morgan fingerprint density at radius 3 is 2.68 bits per heavy atom. The van der Waals surface area contributed by atoms with Gasteiger partial charge in [0, 0.05) is 17.9 Å². The Kier molecular flexibility index (Phi) is 5.97. The number of nitrogens with zero attached hydrogens (tertiary/aromatic N) is 1. The molecule has 0 spiro atoms. The van der Waals surface area contributed by atoms with Crippen LogP contribution in [0.4, 0.5) is 11.4 Å². The van der Waals surface area contributed by atoms with Gasteiger partial charge >= 0.3 is 0 Å². The summed E-state index contributed by atoms with van der Waals surface area (Å²) in [4.78, 5) is 14.8. The van der Waals surface area contributed by atoms with E-state index in [1.807, 2.05) is 44.2 Å². The molecular weight excluding hydrogens is 354 g/mol. The molecule has 1 aliphatic rings. The van der Waals surface area contributed by atoms with E-state index < -0.39 is 0 Å². The van der Waals surface area contributed by atoms with Gasteiger partial charge in [-0.05, 0) is 67.6 Å². The first kappa shape index (κ1) is 19.9. The number of hydrogen-bond acceptors (Lipinski definition) is 5. The molecule has 2 aromatic carbocycles. The summed E-state index contributed by atoms with van der Waals surface area (Å²) in [7, 11) is 3.23. The highest BCUT2D eigenvalue weighted by molar-refractivity contribution is 5.83. The zero-order valence-electron chi connectivity index (χ0n) is 17.0. The molecule has 28 heavy (non-hydrogen) atoms. The Morgan fingerprint density at radius 1 is 1.25 bits per heavy atom. The van der Waals surface area contributed by atoms with Crippen molar-refractivity contribution >= 4 is 17.3 Å². The van der Waals surface area contributed by atoms with E-state index >= 15 is 0 Å². The maximum absolute atomic E-state index is 12.7. The van der Waals surface area contributed by atoms with E-state index in [1.54, 1.807) is 14.2 Å². The predicted molar refractivity (Wildman–Crippen MR) is 112 cm³/mol. The van der Waals surface area contributed by atoms with E-state index in [2.05, 4.69) is 10.2 Å². The maximum Gasteiger partial charge on any atom is 0.239 e. The van der Waals surface area contributed by atoms with Crippen LogP contribution in [0.1, 0.15) is 36.1 Å². The van der Waals surface area contributed by atoms with E-state index in [0.717, 1.165) is 47.5 Å². The second-order valence-electron chi connectivity index (χ2n) is 7.22. The van der Waals surface area contributed by atoms with Crippen molar-refractivity contribution in [2.24, 2.45) is 0 Å². The molecular formula is C22H29N3O3. The van der Waals surface area contributed by atoms with Gasteiger partial charge in [0.1, 0.15) is 0 Å². The molecule has 1 atom stereocenters. The minimum Gasteiger partial charge on any atom is -0.493 e. The van der Waals surface area contributed by atoms with Gasteiger partial charge < -0.3 is 25.4 Å². The van der Waals surface area contributed by atoms with Gasteiger partial charge in [-0.3, -0.25) is 4.79 Å². The first-order valence-corrected chi connectivity index (χ1v) is 9.58. The van der Waals surface area contributed by atoms with Crippen LogP contribution < -0.4 is 25.4 Å². The van der Waals surface area contributed by atoms with Gasteiger partial charge in [0.15, 0.2) is 11.5 Å². The monoisotopic (exact) mass is 383 g/mol. The van der Waals surface area contributed by atoms with E-state index in [9.17, 15) is 4.79 Å². The van der Waals surface area contributed by atoms with Crippen LogP contribution in [-0.2, 0) is 11.2 Å². The topological polar surface area (TPSA) is 76.8 Å². The number of nitrogen functional groups attached to an aromatic ring is 1. The highest BCUT2D eigenvalue weighted by Gasteiger charge is 2.22. The number of methoxy groups -OCH3 is 2. The second-order valence-corrected chi connectivity index (χ2v) is 7.22. The van der Waals surface area contributed by atoms with Gasteiger partial charge in [0.05, 0.1) is 26.8 Å². The number of nitrogens with two attached hydrogens (primary N) is 1. The molecule has 1 amide bonds. The zero-order chi connectivity index (χ0) is 20.3. The Balaban J connectivity index is 1.72. The minimum absolute atomic E-state index is 0.0167. The summed E-state index contributed by atoms with van der Waals surface area (Å²) >= 11 is 0. The molecule has 6 nitrogen and oxygen atoms in total. The number of aryl methyl sites for hydroxylation is 1. The van der Waals surface area contributed by atoms with Crippen molar-refractivity contribution in [3.63, 3.8) is 0 Å². The normalized spacial score (nSPS) is 14.2. The highest BCUT2D eigenvalue weighted by Crippen LogP contribution is 2.33.